The molecule has 1 N–H and O–H groups in total. The molecule has 2 amide bonds. The van der Waals surface area contributed by atoms with Crippen molar-refractivity contribution in [1.29, 1.82) is 0 Å². The lowest BCUT2D eigenvalue weighted by Gasteiger charge is -2.35. The van der Waals surface area contributed by atoms with Crippen LogP contribution < -0.4 is 4.74 Å². The molecular formula is C24H26FN5O3S. The molecule has 1 aliphatic rings. The lowest BCUT2D eigenvalue weighted by Crippen LogP contribution is -2.50. The Labute approximate surface area is 201 Å². The van der Waals surface area contributed by atoms with Crippen LogP contribution in [0.4, 0.5) is 4.39 Å². The third kappa shape index (κ3) is 5.01. The van der Waals surface area contributed by atoms with E-state index in [1.54, 1.807) is 40.5 Å². The van der Waals surface area contributed by atoms with E-state index in [1.165, 1.54) is 6.07 Å². The number of hydrogen-bond donors (Lipinski definition) is 1. The second-order valence-electron chi connectivity index (χ2n) is 8.12. The molecule has 178 valence electrons. The fourth-order valence-electron chi connectivity index (χ4n) is 3.92. The number of ether oxygens (including phenoxy) is 1. The van der Waals surface area contributed by atoms with Crippen molar-refractivity contribution in [2.45, 2.75) is 19.9 Å². The van der Waals surface area contributed by atoms with Crippen molar-refractivity contribution < 1.29 is 18.7 Å². The predicted molar refractivity (Wildman–Crippen MR) is 128 cm³/mol. The second kappa shape index (κ2) is 10.2. The molecule has 0 unspecified atom stereocenters. The predicted octanol–water partition coefficient (Wildman–Crippen LogP) is 3.44. The Kier molecular flexibility index (Phi) is 7.06. The first-order valence-electron chi connectivity index (χ1n) is 11.0. The van der Waals surface area contributed by atoms with Gasteiger partial charge in [0.2, 0.25) is 5.91 Å². The number of rotatable bonds is 6. The molecule has 0 radical (unpaired) electrons. The smallest absolute Gasteiger partial charge is 0.254 e. The van der Waals surface area contributed by atoms with Crippen LogP contribution in [-0.4, -0.2) is 69.7 Å². The fourth-order valence-corrected chi connectivity index (χ4v) is 4.14. The molecule has 4 rings (SSSR count). The van der Waals surface area contributed by atoms with Gasteiger partial charge >= 0.3 is 0 Å². The summed E-state index contributed by atoms with van der Waals surface area (Å²) in [4.78, 5) is 28.9. The van der Waals surface area contributed by atoms with Gasteiger partial charge < -0.3 is 14.5 Å². The molecule has 2 heterocycles. The molecule has 0 bridgehead atoms. The van der Waals surface area contributed by atoms with Crippen LogP contribution in [0.3, 0.4) is 0 Å². The van der Waals surface area contributed by atoms with Crippen molar-refractivity contribution in [2.24, 2.45) is 0 Å². The minimum absolute atomic E-state index is 0.0164. The van der Waals surface area contributed by atoms with Gasteiger partial charge in [0.05, 0.1) is 7.11 Å². The van der Waals surface area contributed by atoms with Gasteiger partial charge in [-0.2, -0.15) is 5.10 Å². The maximum Gasteiger partial charge on any atom is 0.254 e. The number of aromatic nitrogens is 3. The number of aromatic amines is 1. The minimum Gasteiger partial charge on any atom is -0.497 e. The zero-order chi connectivity index (χ0) is 24.2. The Morgan fingerprint density at radius 2 is 1.76 bits per heavy atom. The van der Waals surface area contributed by atoms with Gasteiger partial charge in [-0.1, -0.05) is 6.07 Å². The summed E-state index contributed by atoms with van der Waals surface area (Å²) in [5.41, 5.74) is 1.68. The lowest BCUT2D eigenvalue weighted by atomic mass is 10.1. The summed E-state index contributed by atoms with van der Waals surface area (Å²) in [6.45, 7) is 3.72. The van der Waals surface area contributed by atoms with Crippen molar-refractivity contribution in [3.8, 4) is 17.1 Å². The third-order valence-electron chi connectivity index (χ3n) is 5.99. The molecule has 1 fully saturated rings. The van der Waals surface area contributed by atoms with Gasteiger partial charge in [-0.3, -0.25) is 19.3 Å². The van der Waals surface area contributed by atoms with Crippen LogP contribution in [0.1, 0.15) is 22.3 Å². The van der Waals surface area contributed by atoms with Gasteiger partial charge in [0.1, 0.15) is 11.6 Å². The highest BCUT2D eigenvalue weighted by atomic mass is 32.1. The molecule has 0 aliphatic carbocycles. The highest BCUT2D eigenvalue weighted by Gasteiger charge is 2.25. The molecular weight excluding hydrogens is 457 g/mol. The number of piperazine rings is 1. The topological polar surface area (TPSA) is 83.5 Å². The molecule has 0 spiro atoms. The maximum atomic E-state index is 13.8. The first-order valence-corrected chi connectivity index (χ1v) is 11.4. The quantitative estimate of drug-likeness (QED) is 0.543. The number of amides is 2. The highest BCUT2D eigenvalue weighted by molar-refractivity contribution is 7.71. The normalized spacial score (nSPS) is 13.7. The average Bonchev–Trinajstić information content (AvgIpc) is 3.24. The first-order chi connectivity index (χ1) is 16.4. The monoisotopic (exact) mass is 483 g/mol. The second-order valence-corrected chi connectivity index (χ2v) is 8.51. The summed E-state index contributed by atoms with van der Waals surface area (Å²) in [6.07, 6.45) is 0.258. The number of carbonyl (C=O) groups excluding carboxylic acids is 2. The Morgan fingerprint density at radius 1 is 1.09 bits per heavy atom. The summed E-state index contributed by atoms with van der Waals surface area (Å²) < 4.78 is 21.3. The highest BCUT2D eigenvalue weighted by Crippen LogP contribution is 2.21. The standard InChI is InChI=1S/C24H26FN5O3S/c1-16-3-4-18(15-20(16)25)23(32)29-13-11-28(12-14-29)21(31)9-10-30-22(26-27-24(30)34)17-5-7-19(33-2)8-6-17/h3-8,15H,9-14H2,1-2H3,(H,27,34). The number of hydrogen-bond acceptors (Lipinski definition) is 5. The van der Waals surface area contributed by atoms with Crippen LogP contribution in [-0.2, 0) is 11.3 Å². The van der Waals surface area contributed by atoms with Crippen molar-refractivity contribution in [2.75, 3.05) is 33.3 Å². The van der Waals surface area contributed by atoms with Crippen LogP contribution in [0.25, 0.3) is 11.4 Å². The minimum atomic E-state index is -0.397. The van der Waals surface area contributed by atoms with Crippen molar-refractivity contribution in [3.05, 3.63) is 64.2 Å². The van der Waals surface area contributed by atoms with E-state index >= 15 is 0 Å². The number of aryl methyl sites for hydroxylation is 1. The van der Waals surface area contributed by atoms with Gasteiger partial charge in [0.15, 0.2) is 10.6 Å². The maximum absolute atomic E-state index is 13.8. The van der Waals surface area contributed by atoms with Gasteiger partial charge in [0, 0.05) is 50.3 Å². The summed E-state index contributed by atoms with van der Waals surface area (Å²) >= 11 is 5.36. The molecule has 34 heavy (non-hydrogen) atoms. The van der Waals surface area contributed by atoms with Gasteiger partial charge in [0.25, 0.3) is 5.91 Å². The third-order valence-corrected chi connectivity index (χ3v) is 6.31. The molecule has 8 nitrogen and oxygen atoms in total. The molecule has 1 aromatic heterocycles. The Morgan fingerprint density at radius 3 is 2.41 bits per heavy atom. The van der Waals surface area contributed by atoms with E-state index in [4.69, 9.17) is 17.0 Å². The molecule has 0 atom stereocenters. The Hall–Kier alpha value is -3.53. The Bertz CT molecular complexity index is 1250. The van der Waals surface area contributed by atoms with Gasteiger partial charge in [-0.15, -0.1) is 0 Å². The van der Waals surface area contributed by atoms with E-state index in [0.717, 1.165) is 11.3 Å². The van der Waals surface area contributed by atoms with Crippen LogP contribution in [0.5, 0.6) is 5.75 Å². The molecule has 1 aliphatic heterocycles. The number of benzene rings is 2. The zero-order valence-corrected chi connectivity index (χ0v) is 19.9. The number of halogens is 1. The number of nitrogens with one attached hydrogen (secondary N) is 1. The lowest BCUT2D eigenvalue weighted by molar-refractivity contribution is -0.132. The van der Waals surface area contributed by atoms with Gasteiger partial charge in [-0.25, -0.2) is 4.39 Å². The van der Waals surface area contributed by atoms with E-state index in [-0.39, 0.29) is 18.2 Å². The SMILES string of the molecule is COc1ccc(-c2n[nH]c(=S)n2CCC(=O)N2CCN(C(=O)c3ccc(C)c(F)c3)CC2)cc1. The Balaban J connectivity index is 1.34. The average molecular weight is 484 g/mol. The largest absolute Gasteiger partial charge is 0.497 e. The molecule has 0 saturated carbocycles. The van der Waals surface area contributed by atoms with Crippen molar-refractivity contribution in [1.82, 2.24) is 24.6 Å². The van der Waals surface area contributed by atoms with E-state index in [2.05, 4.69) is 10.2 Å². The van der Waals surface area contributed by atoms with Crippen molar-refractivity contribution >= 4 is 24.0 Å². The fraction of sp³-hybridized carbons (Fsp3) is 0.333. The van der Waals surface area contributed by atoms with E-state index in [9.17, 15) is 14.0 Å². The van der Waals surface area contributed by atoms with Crippen LogP contribution in [0.2, 0.25) is 0 Å². The summed E-state index contributed by atoms with van der Waals surface area (Å²) in [5.74, 6) is 0.759. The van der Waals surface area contributed by atoms with Crippen molar-refractivity contribution in [3.63, 3.8) is 0 Å². The number of methoxy groups -OCH3 is 1. The number of H-pyrrole nitrogens is 1. The molecule has 2 aromatic carbocycles. The van der Waals surface area contributed by atoms with E-state index in [1.807, 2.05) is 24.3 Å². The molecule has 3 aromatic rings. The van der Waals surface area contributed by atoms with Crippen LogP contribution >= 0.6 is 12.2 Å². The molecule has 10 heteroatoms. The van der Waals surface area contributed by atoms with Crippen LogP contribution in [0, 0.1) is 17.5 Å². The first kappa shape index (κ1) is 23.6. The number of nitrogens with zero attached hydrogens (tertiary/aromatic N) is 4. The summed E-state index contributed by atoms with van der Waals surface area (Å²) in [6, 6.07) is 12.0. The van der Waals surface area contributed by atoms with Gasteiger partial charge in [-0.05, 0) is 61.1 Å². The van der Waals surface area contributed by atoms with E-state index < -0.39 is 5.82 Å². The number of carbonyl (C=O) groups is 2. The van der Waals surface area contributed by atoms with Crippen LogP contribution in [0.15, 0.2) is 42.5 Å². The molecule has 1 saturated heterocycles. The summed E-state index contributed by atoms with van der Waals surface area (Å²) in [5, 5.41) is 7.11. The zero-order valence-electron chi connectivity index (χ0n) is 19.1. The van der Waals surface area contributed by atoms with E-state index in [0.29, 0.717) is 54.4 Å². The summed E-state index contributed by atoms with van der Waals surface area (Å²) in [7, 11) is 1.61.